The Bertz CT molecular complexity index is 534. The van der Waals surface area contributed by atoms with Crippen molar-refractivity contribution in [2.75, 3.05) is 6.54 Å². The summed E-state index contributed by atoms with van der Waals surface area (Å²) < 4.78 is 0. The number of carboxylic acids is 1. The normalized spacial score (nSPS) is 11.4. The van der Waals surface area contributed by atoms with Crippen molar-refractivity contribution in [1.82, 2.24) is 10.3 Å². The molecule has 1 aromatic heterocycles. The van der Waals surface area contributed by atoms with Gasteiger partial charge >= 0.3 is 5.97 Å². The Kier molecular flexibility index (Phi) is 5.01. The van der Waals surface area contributed by atoms with E-state index in [2.05, 4.69) is 10.3 Å². The second kappa shape index (κ2) is 6.50. The second-order valence-corrected chi connectivity index (χ2v) is 4.23. The molecule has 6 nitrogen and oxygen atoms in total. The van der Waals surface area contributed by atoms with Crippen LogP contribution in [0.2, 0.25) is 0 Å². The largest absolute Gasteiger partial charge is 0.481 e. The van der Waals surface area contributed by atoms with Gasteiger partial charge in [-0.05, 0) is 25.5 Å². The summed E-state index contributed by atoms with van der Waals surface area (Å²) >= 11 is 0. The molecule has 19 heavy (non-hydrogen) atoms. The summed E-state index contributed by atoms with van der Waals surface area (Å²) in [7, 11) is 0. The lowest BCUT2D eigenvalue weighted by Gasteiger charge is -2.08. The van der Waals surface area contributed by atoms with Crippen molar-refractivity contribution in [3.8, 4) is 6.07 Å². The first-order valence-corrected chi connectivity index (χ1v) is 5.84. The maximum absolute atomic E-state index is 11.7. The third-order valence-electron chi connectivity index (χ3n) is 2.72. The van der Waals surface area contributed by atoms with Gasteiger partial charge < -0.3 is 10.4 Å². The van der Waals surface area contributed by atoms with Crippen molar-refractivity contribution in [2.24, 2.45) is 5.92 Å². The molecule has 1 amide bonds. The molecule has 0 aliphatic rings. The molecular weight excluding hydrogens is 246 g/mol. The molecule has 0 bridgehead atoms. The van der Waals surface area contributed by atoms with Crippen molar-refractivity contribution >= 4 is 11.9 Å². The van der Waals surface area contributed by atoms with Gasteiger partial charge in [0.15, 0.2) is 0 Å². The number of carbonyl (C=O) groups excluding carboxylic acids is 1. The van der Waals surface area contributed by atoms with E-state index in [0.717, 1.165) is 0 Å². The van der Waals surface area contributed by atoms with Gasteiger partial charge in [0, 0.05) is 6.54 Å². The molecule has 1 unspecified atom stereocenters. The molecule has 0 aromatic carbocycles. The molecule has 2 N–H and O–H groups in total. The molecule has 1 atom stereocenters. The van der Waals surface area contributed by atoms with Crippen LogP contribution in [0.1, 0.15) is 35.1 Å². The zero-order valence-corrected chi connectivity index (χ0v) is 10.8. The number of aliphatic carboxylic acids is 1. The molecule has 1 rings (SSSR count). The third kappa shape index (κ3) is 4.07. The lowest BCUT2D eigenvalue weighted by Crippen LogP contribution is -2.27. The van der Waals surface area contributed by atoms with Crippen molar-refractivity contribution in [3.63, 3.8) is 0 Å². The summed E-state index contributed by atoms with van der Waals surface area (Å²) in [4.78, 5) is 26.4. The van der Waals surface area contributed by atoms with Crippen LogP contribution in [0.15, 0.2) is 12.1 Å². The minimum absolute atomic E-state index is 0.222. The maximum atomic E-state index is 11.7. The van der Waals surface area contributed by atoms with Gasteiger partial charge in [0.1, 0.15) is 11.8 Å². The summed E-state index contributed by atoms with van der Waals surface area (Å²) in [5.41, 5.74) is 1.14. The van der Waals surface area contributed by atoms with E-state index in [1.807, 2.05) is 6.07 Å². The predicted octanol–water partition coefficient (Wildman–Crippen LogP) is 1.10. The number of hydrogen-bond donors (Lipinski definition) is 2. The maximum Gasteiger partial charge on any atom is 0.306 e. The number of rotatable bonds is 5. The van der Waals surface area contributed by atoms with Gasteiger partial charge in [-0.1, -0.05) is 6.92 Å². The average molecular weight is 261 g/mol. The molecule has 0 fully saturated rings. The van der Waals surface area contributed by atoms with Crippen LogP contribution < -0.4 is 5.32 Å². The minimum atomic E-state index is -0.887. The first-order chi connectivity index (χ1) is 8.95. The fraction of sp³-hybridized carbons (Fsp3) is 0.385. The number of carboxylic acid groups (broad SMARTS) is 1. The van der Waals surface area contributed by atoms with Crippen LogP contribution >= 0.6 is 0 Å². The Morgan fingerprint density at radius 1 is 1.53 bits per heavy atom. The number of carbonyl (C=O) groups is 2. The number of nitrogens with one attached hydrogen (secondary N) is 1. The van der Waals surface area contributed by atoms with Gasteiger partial charge in [-0.15, -0.1) is 0 Å². The van der Waals surface area contributed by atoms with Crippen molar-refractivity contribution < 1.29 is 14.7 Å². The summed E-state index contributed by atoms with van der Waals surface area (Å²) in [6.45, 7) is 3.51. The number of aromatic nitrogens is 1. The van der Waals surface area contributed by atoms with Gasteiger partial charge in [0.25, 0.3) is 5.91 Å². The van der Waals surface area contributed by atoms with Crippen LogP contribution in [0.25, 0.3) is 0 Å². The van der Waals surface area contributed by atoms with E-state index in [4.69, 9.17) is 10.4 Å². The molecule has 0 spiro atoms. The number of hydrogen-bond acceptors (Lipinski definition) is 4. The molecule has 100 valence electrons. The molecule has 0 saturated carbocycles. The van der Waals surface area contributed by atoms with Crippen molar-refractivity contribution in [1.29, 1.82) is 5.26 Å². The predicted molar refractivity (Wildman–Crippen MR) is 67.4 cm³/mol. The average Bonchev–Trinajstić information content (AvgIpc) is 2.38. The Hall–Kier alpha value is -2.42. The van der Waals surface area contributed by atoms with Crippen LogP contribution in [0.5, 0.6) is 0 Å². The van der Waals surface area contributed by atoms with Crippen molar-refractivity contribution in [2.45, 2.75) is 20.3 Å². The number of amides is 1. The first-order valence-electron chi connectivity index (χ1n) is 5.84. The molecular formula is C13H15N3O3. The number of pyridine rings is 1. The Morgan fingerprint density at radius 2 is 2.21 bits per heavy atom. The summed E-state index contributed by atoms with van der Waals surface area (Å²) in [5.74, 6) is -1.76. The SMILES string of the molecule is Cc1nc(C(=O)NCCC(C)C(=O)O)ccc1C#N. The summed E-state index contributed by atoms with van der Waals surface area (Å²) in [6.07, 6.45) is 0.357. The lowest BCUT2D eigenvalue weighted by atomic mass is 10.1. The van der Waals surface area contributed by atoms with Gasteiger partial charge in [0.2, 0.25) is 0 Å². The number of aryl methyl sites for hydroxylation is 1. The molecule has 0 aliphatic carbocycles. The van der Waals surface area contributed by atoms with Gasteiger partial charge in [0.05, 0.1) is 17.2 Å². The second-order valence-electron chi connectivity index (χ2n) is 4.23. The van der Waals surface area contributed by atoms with Gasteiger partial charge in [-0.2, -0.15) is 5.26 Å². The van der Waals surface area contributed by atoms with E-state index < -0.39 is 11.9 Å². The number of nitrogens with zero attached hydrogens (tertiary/aromatic N) is 2. The lowest BCUT2D eigenvalue weighted by molar-refractivity contribution is -0.141. The first kappa shape index (κ1) is 14.6. The van der Waals surface area contributed by atoms with E-state index in [0.29, 0.717) is 17.7 Å². The quantitative estimate of drug-likeness (QED) is 0.826. The minimum Gasteiger partial charge on any atom is -0.481 e. The molecule has 1 heterocycles. The molecule has 6 heteroatoms. The van der Waals surface area contributed by atoms with Crippen LogP contribution in [-0.4, -0.2) is 28.5 Å². The standard InChI is InChI=1S/C13H15N3O3/c1-8(13(18)19)5-6-15-12(17)11-4-3-10(7-14)9(2)16-11/h3-4,8H,5-6H2,1-2H3,(H,15,17)(H,18,19). The molecule has 0 aliphatic heterocycles. The Balaban J connectivity index is 2.57. The Morgan fingerprint density at radius 3 is 2.74 bits per heavy atom. The van der Waals surface area contributed by atoms with Crippen LogP contribution in [0.4, 0.5) is 0 Å². The zero-order valence-electron chi connectivity index (χ0n) is 10.8. The topological polar surface area (TPSA) is 103 Å². The van der Waals surface area contributed by atoms with Crippen LogP contribution in [0.3, 0.4) is 0 Å². The fourth-order valence-electron chi connectivity index (χ4n) is 1.42. The van der Waals surface area contributed by atoms with E-state index in [9.17, 15) is 9.59 Å². The third-order valence-corrected chi connectivity index (χ3v) is 2.72. The smallest absolute Gasteiger partial charge is 0.306 e. The monoisotopic (exact) mass is 261 g/mol. The van der Waals surface area contributed by atoms with E-state index in [1.165, 1.54) is 12.1 Å². The zero-order chi connectivity index (χ0) is 14.4. The highest BCUT2D eigenvalue weighted by atomic mass is 16.4. The highest BCUT2D eigenvalue weighted by Crippen LogP contribution is 2.06. The Labute approximate surface area is 111 Å². The van der Waals surface area contributed by atoms with Gasteiger partial charge in [-0.3, -0.25) is 9.59 Å². The molecule has 0 saturated heterocycles. The highest BCUT2D eigenvalue weighted by molar-refractivity contribution is 5.92. The van der Waals surface area contributed by atoms with E-state index in [-0.39, 0.29) is 18.1 Å². The fourth-order valence-corrected chi connectivity index (χ4v) is 1.42. The highest BCUT2D eigenvalue weighted by Gasteiger charge is 2.12. The molecule has 1 aromatic rings. The summed E-state index contributed by atoms with van der Waals surface area (Å²) in [6, 6.07) is 4.99. The van der Waals surface area contributed by atoms with E-state index >= 15 is 0 Å². The van der Waals surface area contributed by atoms with Crippen LogP contribution in [-0.2, 0) is 4.79 Å². The molecule has 0 radical (unpaired) electrons. The van der Waals surface area contributed by atoms with E-state index in [1.54, 1.807) is 13.8 Å². The van der Waals surface area contributed by atoms with Crippen LogP contribution in [0, 0.1) is 24.2 Å². The summed E-state index contributed by atoms with van der Waals surface area (Å²) in [5, 5.41) is 20.1. The van der Waals surface area contributed by atoms with Gasteiger partial charge in [-0.25, -0.2) is 4.98 Å². The number of nitriles is 1. The van der Waals surface area contributed by atoms with Crippen molar-refractivity contribution in [3.05, 3.63) is 29.1 Å².